The maximum Gasteiger partial charge on any atom is 0.261 e. The minimum Gasteiger partial charge on any atom is -0.497 e. The second kappa shape index (κ2) is 8.96. The Labute approximate surface area is 174 Å². The molecule has 0 bridgehead atoms. The van der Waals surface area contributed by atoms with E-state index in [2.05, 4.69) is 10.0 Å². The highest BCUT2D eigenvalue weighted by Gasteiger charge is 2.16. The third kappa shape index (κ3) is 5.15. The molecular weight excluding hydrogens is 407 g/mol. The molecule has 2 N–H and O–H groups in total. The van der Waals surface area contributed by atoms with E-state index in [1.807, 2.05) is 0 Å². The molecule has 30 heavy (non-hydrogen) atoms. The summed E-state index contributed by atoms with van der Waals surface area (Å²) in [6.07, 6.45) is 0. The number of aryl methyl sites for hydroxylation is 1. The summed E-state index contributed by atoms with van der Waals surface area (Å²) in [5.74, 6) is -0.0958. The van der Waals surface area contributed by atoms with Crippen molar-refractivity contribution in [3.63, 3.8) is 0 Å². The summed E-state index contributed by atoms with van der Waals surface area (Å²) in [5.41, 5.74) is 2.13. The molecule has 0 saturated heterocycles. The number of benzene rings is 3. The van der Waals surface area contributed by atoms with Crippen molar-refractivity contribution in [3.05, 3.63) is 89.2 Å². The average molecular weight is 428 g/mol. The van der Waals surface area contributed by atoms with Gasteiger partial charge in [0.1, 0.15) is 11.6 Å². The number of hydrogen-bond acceptors (Lipinski definition) is 4. The number of rotatable bonds is 7. The topological polar surface area (TPSA) is 84.5 Å². The minimum absolute atomic E-state index is 0.101. The Balaban J connectivity index is 1.69. The number of methoxy groups -OCH3 is 1. The molecule has 3 aromatic rings. The van der Waals surface area contributed by atoms with E-state index in [4.69, 9.17) is 4.74 Å². The van der Waals surface area contributed by atoms with Crippen LogP contribution in [0.1, 0.15) is 21.5 Å². The summed E-state index contributed by atoms with van der Waals surface area (Å²) in [4.78, 5) is 12.5. The molecule has 0 aliphatic rings. The van der Waals surface area contributed by atoms with Crippen LogP contribution in [0.15, 0.2) is 71.6 Å². The summed E-state index contributed by atoms with van der Waals surface area (Å²) in [6, 6.07) is 16.6. The number of carbonyl (C=O) groups is 1. The Morgan fingerprint density at radius 1 is 1.00 bits per heavy atom. The van der Waals surface area contributed by atoms with Crippen LogP contribution in [0.5, 0.6) is 5.75 Å². The molecule has 3 aromatic carbocycles. The monoisotopic (exact) mass is 428 g/mol. The first-order chi connectivity index (χ1) is 14.3. The lowest BCUT2D eigenvalue weighted by Gasteiger charge is -2.12. The molecule has 0 aliphatic carbocycles. The van der Waals surface area contributed by atoms with Crippen LogP contribution in [0.3, 0.4) is 0 Å². The van der Waals surface area contributed by atoms with Crippen LogP contribution < -0.4 is 14.8 Å². The molecular formula is C22H21FN2O4S. The van der Waals surface area contributed by atoms with E-state index in [0.717, 1.165) is 5.56 Å². The number of carbonyl (C=O) groups excluding carboxylic acids is 1. The van der Waals surface area contributed by atoms with Crippen LogP contribution in [0.2, 0.25) is 0 Å². The van der Waals surface area contributed by atoms with Crippen LogP contribution in [0, 0.1) is 12.7 Å². The molecule has 0 atom stereocenters. The van der Waals surface area contributed by atoms with Gasteiger partial charge in [-0.2, -0.15) is 0 Å². The van der Waals surface area contributed by atoms with Gasteiger partial charge in [-0.3, -0.25) is 9.52 Å². The van der Waals surface area contributed by atoms with Crippen molar-refractivity contribution in [1.29, 1.82) is 0 Å². The van der Waals surface area contributed by atoms with Crippen LogP contribution >= 0.6 is 0 Å². The van der Waals surface area contributed by atoms with Gasteiger partial charge < -0.3 is 10.1 Å². The van der Waals surface area contributed by atoms with E-state index in [9.17, 15) is 17.6 Å². The Morgan fingerprint density at radius 2 is 1.67 bits per heavy atom. The molecule has 0 unspecified atom stereocenters. The molecule has 0 aromatic heterocycles. The van der Waals surface area contributed by atoms with Gasteiger partial charge in [-0.1, -0.05) is 12.1 Å². The van der Waals surface area contributed by atoms with Crippen LogP contribution in [-0.2, 0) is 16.6 Å². The van der Waals surface area contributed by atoms with E-state index >= 15 is 0 Å². The zero-order chi connectivity index (χ0) is 21.7. The third-order valence-corrected chi connectivity index (χ3v) is 5.85. The summed E-state index contributed by atoms with van der Waals surface area (Å²) < 4.78 is 45.7. The molecule has 0 heterocycles. The van der Waals surface area contributed by atoms with Gasteiger partial charge in [0, 0.05) is 12.1 Å². The molecule has 0 radical (unpaired) electrons. The first kappa shape index (κ1) is 21.3. The fourth-order valence-corrected chi connectivity index (χ4v) is 3.90. The first-order valence-corrected chi connectivity index (χ1v) is 10.6. The molecule has 6 nitrogen and oxygen atoms in total. The normalized spacial score (nSPS) is 11.0. The SMILES string of the molecule is COc1ccc(S(=O)(=O)Nc2ccc(C(=O)NCc3ccc(F)cc3)cc2C)cc1. The number of nitrogens with one attached hydrogen (secondary N) is 2. The summed E-state index contributed by atoms with van der Waals surface area (Å²) in [5, 5.41) is 2.75. The number of anilines is 1. The van der Waals surface area contributed by atoms with E-state index in [0.29, 0.717) is 22.6 Å². The van der Waals surface area contributed by atoms with Crippen molar-refractivity contribution >= 4 is 21.6 Å². The van der Waals surface area contributed by atoms with E-state index in [1.54, 1.807) is 49.4 Å². The van der Waals surface area contributed by atoms with Crippen molar-refractivity contribution in [2.24, 2.45) is 0 Å². The maximum atomic E-state index is 13.0. The predicted molar refractivity (Wildman–Crippen MR) is 113 cm³/mol. The molecule has 0 fully saturated rings. The zero-order valence-corrected chi connectivity index (χ0v) is 17.3. The van der Waals surface area contributed by atoms with Crippen LogP contribution in [-0.4, -0.2) is 21.4 Å². The minimum atomic E-state index is -3.78. The predicted octanol–water partition coefficient (Wildman–Crippen LogP) is 3.87. The second-order valence-electron chi connectivity index (χ2n) is 6.62. The number of hydrogen-bond donors (Lipinski definition) is 2. The fraction of sp³-hybridized carbons (Fsp3) is 0.136. The number of halogens is 1. The molecule has 0 aliphatic heterocycles. The smallest absolute Gasteiger partial charge is 0.261 e. The van der Waals surface area contributed by atoms with Crippen LogP contribution in [0.25, 0.3) is 0 Å². The van der Waals surface area contributed by atoms with Crippen molar-refractivity contribution < 1.29 is 22.3 Å². The lowest BCUT2D eigenvalue weighted by atomic mass is 10.1. The Kier molecular flexibility index (Phi) is 6.37. The van der Waals surface area contributed by atoms with Gasteiger partial charge in [-0.15, -0.1) is 0 Å². The number of ether oxygens (including phenoxy) is 1. The van der Waals surface area contributed by atoms with Crippen molar-refractivity contribution in [3.8, 4) is 5.75 Å². The van der Waals surface area contributed by atoms with Gasteiger partial charge in [0.05, 0.1) is 17.7 Å². The molecule has 0 saturated carbocycles. The first-order valence-electron chi connectivity index (χ1n) is 9.08. The van der Waals surface area contributed by atoms with Gasteiger partial charge in [0.25, 0.3) is 15.9 Å². The highest BCUT2D eigenvalue weighted by atomic mass is 32.2. The highest BCUT2D eigenvalue weighted by Crippen LogP contribution is 2.22. The van der Waals surface area contributed by atoms with Crippen molar-refractivity contribution in [2.45, 2.75) is 18.4 Å². The standard InChI is InChI=1S/C22H21FN2O4S/c1-15-13-17(22(26)24-14-16-3-6-18(23)7-4-16)5-12-21(15)25-30(27,28)20-10-8-19(29-2)9-11-20/h3-13,25H,14H2,1-2H3,(H,24,26). The second-order valence-corrected chi connectivity index (χ2v) is 8.30. The summed E-state index contributed by atoms with van der Waals surface area (Å²) >= 11 is 0. The Hall–Kier alpha value is -3.39. The van der Waals surface area contributed by atoms with E-state index in [-0.39, 0.29) is 23.2 Å². The zero-order valence-electron chi connectivity index (χ0n) is 16.5. The number of sulfonamides is 1. The largest absolute Gasteiger partial charge is 0.497 e. The third-order valence-electron chi connectivity index (χ3n) is 4.47. The average Bonchev–Trinajstić information content (AvgIpc) is 2.74. The highest BCUT2D eigenvalue weighted by molar-refractivity contribution is 7.92. The maximum absolute atomic E-state index is 13.0. The summed E-state index contributed by atoms with van der Waals surface area (Å²) in [6.45, 7) is 1.96. The molecule has 0 spiro atoms. The lowest BCUT2D eigenvalue weighted by Crippen LogP contribution is -2.23. The lowest BCUT2D eigenvalue weighted by molar-refractivity contribution is 0.0951. The quantitative estimate of drug-likeness (QED) is 0.598. The van der Waals surface area contributed by atoms with Crippen molar-refractivity contribution in [1.82, 2.24) is 5.32 Å². The Morgan fingerprint density at radius 3 is 2.27 bits per heavy atom. The molecule has 8 heteroatoms. The Bertz CT molecular complexity index is 1140. The molecule has 156 valence electrons. The van der Waals surface area contributed by atoms with E-state index in [1.165, 1.54) is 31.4 Å². The van der Waals surface area contributed by atoms with Gasteiger partial charge >= 0.3 is 0 Å². The van der Waals surface area contributed by atoms with Gasteiger partial charge in [-0.05, 0) is 72.6 Å². The fourth-order valence-electron chi connectivity index (χ4n) is 2.76. The van der Waals surface area contributed by atoms with Crippen LogP contribution in [0.4, 0.5) is 10.1 Å². The van der Waals surface area contributed by atoms with Gasteiger partial charge in [-0.25, -0.2) is 12.8 Å². The van der Waals surface area contributed by atoms with Gasteiger partial charge in [0.2, 0.25) is 0 Å². The van der Waals surface area contributed by atoms with E-state index < -0.39 is 10.0 Å². The number of amides is 1. The molecule has 3 rings (SSSR count). The van der Waals surface area contributed by atoms with Gasteiger partial charge in [0.15, 0.2) is 0 Å². The summed E-state index contributed by atoms with van der Waals surface area (Å²) in [7, 11) is -2.28. The molecule has 1 amide bonds. The van der Waals surface area contributed by atoms with Crippen molar-refractivity contribution in [2.75, 3.05) is 11.8 Å².